The zero-order valence-electron chi connectivity index (χ0n) is 11.0. The Kier molecular flexibility index (Phi) is 1.69. The van der Waals surface area contributed by atoms with Gasteiger partial charge < -0.3 is 5.11 Å². The smallest absolute Gasteiger partial charge is 0.335 e. The monoisotopic (exact) mass is 223 g/mol. The molecule has 0 radical (unpaired) electrons. The zero-order chi connectivity index (χ0) is 14.2. The average Bonchev–Trinajstić information content (AvgIpc) is 2.77. The number of aromatic nitrogens is 2. The van der Waals surface area contributed by atoms with Crippen LogP contribution >= 0.6 is 0 Å². The summed E-state index contributed by atoms with van der Waals surface area (Å²) in [5.74, 6) is -1.98. The minimum atomic E-state index is -2.43. The lowest BCUT2D eigenvalue weighted by Gasteiger charge is -2.01. The largest absolute Gasteiger partial charge is 0.478 e. The number of nitrogens with zero attached hydrogens (tertiary/aromatic N) is 2. The Morgan fingerprint density at radius 1 is 1.62 bits per heavy atom. The van der Waals surface area contributed by atoms with Gasteiger partial charge in [-0.15, -0.1) is 0 Å². The number of carboxylic acid groups (broad SMARTS) is 1. The molecule has 0 aliphatic heterocycles. The van der Waals surface area contributed by atoms with Gasteiger partial charge in [-0.3, -0.25) is 4.68 Å². The van der Waals surface area contributed by atoms with Gasteiger partial charge in [-0.2, -0.15) is 5.10 Å². The topological polar surface area (TPSA) is 55.1 Å². The first-order chi connectivity index (χ1) is 8.79. The van der Waals surface area contributed by atoms with Crippen molar-refractivity contribution in [3.05, 3.63) is 42.0 Å². The van der Waals surface area contributed by atoms with E-state index in [4.69, 9.17) is 9.22 Å². The first-order valence-corrected chi connectivity index (χ1v) is 4.37. The molecule has 0 aliphatic carbocycles. The van der Waals surface area contributed by atoms with Gasteiger partial charge in [-0.1, -0.05) is 6.07 Å². The van der Waals surface area contributed by atoms with Gasteiger partial charge in [0.25, 0.3) is 0 Å². The van der Waals surface area contributed by atoms with E-state index in [9.17, 15) is 9.18 Å². The molecular formula is C11H9FN2O2. The van der Waals surface area contributed by atoms with Crippen molar-refractivity contribution in [1.82, 2.24) is 9.78 Å². The van der Waals surface area contributed by atoms with Gasteiger partial charge in [0, 0.05) is 28.4 Å². The van der Waals surface area contributed by atoms with Crippen LogP contribution in [0.2, 0.25) is 0 Å². The third-order valence-electron chi connectivity index (χ3n) is 2.11. The number of aromatic carboxylic acids is 1. The molecule has 1 aromatic carbocycles. The van der Waals surface area contributed by atoms with E-state index in [2.05, 4.69) is 5.10 Å². The number of aryl methyl sites for hydroxylation is 1. The molecule has 0 aliphatic rings. The summed E-state index contributed by atoms with van der Waals surface area (Å²) in [6.07, 6.45) is 2.40. The molecule has 0 spiro atoms. The number of benzene rings is 1. The van der Waals surface area contributed by atoms with Crippen LogP contribution in [0.4, 0.5) is 4.39 Å². The lowest BCUT2D eigenvalue weighted by molar-refractivity contribution is 0.0696. The molecule has 5 heteroatoms. The quantitative estimate of drug-likeness (QED) is 0.846. The summed E-state index contributed by atoms with van der Waals surface area (Å²) in [6, 6.07) is 3.40. The second kappa shape index (κ2) is 3.77. The van der Waals surface area contributed by atoms with Crippen molar-refractivity contribution in [3.63, 3.8) is 0 Å². The van der Waals surface area contributed by atoms with Gasteiger partial charge in [-0.25, -0.2) is 9.18 Å². The summed E-state index contributed by atoms with van der Waals surface area (Å²) < 4.78 is 36.0. The molecule has 1 aromatic heterocycles. The highest BCUT2D eigenvalue weighted by Crippen LogP contribution is 2.22. The van der Waals surface area contributed by atoms with E-state index in [-0.39, 0.29) is 16.7 Å². The fraction of sp³-hybridized carbons (Fsp3) is 0.0909. The maximum Gasteiger partial charge on any atom is 0.335 e. The predicted octanol–water partition coefficient (Wildman–Crippen LogP) is 1.92. The van der Waals surface area contributed by atoms with Crippen LogP contribution in [0.15, 0.2) is 30.6 Å². The van der Waals surface area contributed by atoms with E-state index < -0.39 is 18.8 Å². The molecule has 1 N–H and O–H groups in total. The first-order valence-electron chi connectivity index (χ1n) is 5.87. The Balaban J connectivity index is 2.43. The minimum Gasteiger partial charge on any atom is -0.478 e. The van der Waals surface area contributed by atoms with Crippen molar-refractivity contribution in [1.29, 1.82) is 0 Å². The Morgan fingerprint density at radius 3 is 3.00 bits per heavy atom. The maximum absolute atomic E-state index is 13.8. The van der Waals surface area contributed by atoms with Crippen LogP contribution in [-0.4, -0.2) is 20.9 Å². The molecule has 1 heterocycles. The molecule has 0 unspecified atom stereocenters. The summed E-state index contributed by atoms with van der Waals surface area (Å²) >= 11 is 0. The third kappa shape index (κ3) is 1.79. The average molecular weight is 223 g/mol. The molecule has 82 valence electrons. The molecule has 0 bridgehead atoms. The van der Waals surface area contributed by atoms with Crippen molar-refractivity contribution in [2.24, 2.45) is 6.98 Å². The lowest BCUT2D eigenvalue weighted by Crippen LogP contribution is -1.97. The van der Waals surface area contributed by atoms with Gasteiger partial charge in [0.15, 0.2) is 0 Å². The summed E-state index contributed by atoms with van der Waals surface area (Å²) in [7, 11) is 0. The van der Waals surface area contributed by atoms with Gasteiger partial charge >= 0.3 is 5.97 Å². The third-order valence-corrected chi connectivity index (χ3v) is 2.11. The number of rotatable bonds is 2. The molecule has 0 saturated carbocycles. The van der Waals surface area contributed by atoms with Crippen LogP contribution in [-0.2, 0) is 6.98 Å². The van der Waals surface area contributed by atoms with Gasteiger partial charge in [0.1, 0.15) is 5.82 Å². The standard InChI is InChI=1S/C11H9FN2O2/c1-14-6-8(5-13-14)9-3-2-7(11(15)16)4-10(9)12/h2-6H,1H3,(H,15,16)/i1D3. The van der Waals surface area contributed by atoms with Crippen molar-refractivity contribution in [2.45, 2.75) is 0 Å². The molecule has 0 amide bonds. The van der Waals surface area contributed by atoms with E-state index in [1.54, 1.807) is 0 Å². The van der Waals surface area contributed by atoms with E-state index in [1.165, 1.54) is 24.5 Å². The van der Waals surface area contributed by atoms with Crippen LogP contribution in [0.5, 0.6) is 0 Å². The number of hydrogen-bond donors (Lipinski definition) is 1. The fourth-order valence-electron chi connectivity index (χ4n) is 1.34. The zero-order valence-corrected chi connectivity index (χ0v) is 8.01. The Labute approximate surface area is 95.2 Å². The summed E-state index contributed by atoms with van der Waals surface area (Å²) in [5, 5.41) is 12.4. The molecule has 0 fully saturated rings. The van der Waals surface area contributed by atoms with Gasteiger partial charge in [0.05, 0.1) is 11.8 Å². The van der Waals surface area contributed by atoms with Crippen molar-refractivity contribution in [3.8, 4) is 11.1 Å². The van der Waals surface area contributed by atoms with Crippen LogP contribution < -0.4 is 0 Å². The highest BCUT2D eigenvalue weighted by Gasteiger charge is 2.10. The number of carbonyl (C=O) groups is 1. The van der Waals surface area contributed by atoms with Gasteiger partial charge in [-0.05, 0) is 12.1 Å². The second-order valence-corrected chi connectivity index (χ2v) is 3.17. The highest BCUT2D eigenvalue weighted by molar-refractivity contribution is 5.88. The van der Waals surface area contributed by atoms with Crippen LogP contribution in [0, 0.1) is 5.82 Å². The molecule has 2 aromatic rings. The molecular weight excluding hydrogens is 211 g/mol. The normalized spacial score (nSPS) is 13.9. The van der Waals surface area contributed by atoms with E-state index in [0.29, 0.717) is 0 Å². The SMILES string of the molecule is [2H]C([2H])([2H])n1cc(-c2ccc(C(=O)O)cc2F)cn1. The predicted molar refractivity (Wildman–Crippen MR) is 55.6 cm³/mol. The summed E-state index contributed by atoms with van der Waals surface area (Å²) in [4.78, 5) is 10.7. The Bertz CT molecular complexity index is 637. The molecule has 16 heavy (non-hydrogen) atoms. The summed E-state index contributed by atoms with van der Waals surface area (Å²) in [5.41, 5.74) is 0.190. The van der Waals surface area contributed by atoms with Crippen molar-refractivity contribution in [2.75, 3.05) is 0 Å². The van der Waals surface area contributed by atoms with E-state index in [0.717, 1.165) is 10.7 Å². The number of carboxylic acids is 1. The second-order valence-electron chi connectivity index (χ2n) is 3.17. The maximum atomic E-state index is 13.8. The molecule has 4 nitrogen and oxygen atoms in total. The Morgan fingerprint density at radius 2 is 2.44 bits per heavy atom. The van der Waals surface area contributed by atoms with E-state index >= 15 is 0 Å². The molecule has 0 saturated heterocycles. The van der Waals surface area contributed by atoms with Crippen LogP contribution in [0.25, 0.3) is 11.1 Å². The number of hydrogen-bond acceptors (Lipinski definition) is 2. The fourth-order valence-corrected chi connectivity index (χ4v) is 1.34. The van der Waals surface area contributed by atoms with Crippen LogP contribution in [0.3, 0.4) is 0 Å². The van der Waals surface area contributed by atoms with Crippen molar-refractivity contribution >= 4 is 5.97 Å². The first kappa shape index (κ1) is 7.16. The minimum absolute atomic E-state index is 0.0977. The Hall–Kier alpha value is -2.17. The lowest BCUT2D eigenvalue weighted by atomic mass is 10.1. The number of halogens is 1. The summed E-state index contributed by atoms with van der Waals surface area (Å²) in [6.45, 7) is -2.43. The highest BCUT2D eigenvalue weighted by atomic mass is 19.1. The molecule has 0 atom stereocenters. The van der Waals surface area contributed by atoms with Crippen molar-refractivity contribution < 1.29 is 18.4 Å². The van der Waals surface area contributed by atoms with Gasteiger partial charge in [0.2, 0.25) is 0 Å². The van der Waals surface area contributed by atoms with E-state index in [1.807, 2.05) is 0 Å². The van der Waals surface area contributed by atoms with Crippen LogP contribution in [0.1, 0.15) is 14.5 Å². The molecule has 2 rings (SSSR count).